The number of likely N-dealkylation sites (N-methyl/N-ethyl adjacent to an activating group) is 1. The first-order valence-corrected chi connectivity index (χ1v) is 8.95. The molecular formula is C17H33IN4O. The average molecular weight is 436 g/mol. The van der Waals surface area contributed by atoms with Crippen LogP contribution >= 0.6 is 24.0 Å². The lowest BCUT2D eigenvalue weighted by Gasteiger charge is -2.26. The van der Waals surface area contributed by atoms with Crippen LogP contribution in [0.25, 0.3) is 0 Å². The predicted molar refractivity (Wildman–Crippen MR) is 106 cm³/mol. The van der Waals surface area contributed by atoms with Gasteiger partial charge in [-0.25, -0.2) is 0 Å². The predicted octanol–water partition coefficient (Wildman–Crippen LogP) is 2.02. The van der Waals surface area contributed by atoms with Crippen molar-refractivity contribution in [3.05, 3.63) is 0 Å². The fourth-order valence-electron chi connectivity index (χ4n) is 4.34. The molecule has 3 fully saturated rings. The second-order valence-corrected chi connectivity index (χ2v) is 7.23. The number of hydrogen-bond donors (Lipinski definition) is 1. The monoisotopic (exact) mass is 436 g/mol. The Morgan fingerprint density at radius 2 is 1.91 bits per heavy atom. The lowest BCUT2D eigenvalue weighted by molar-refractivity contribution is 0.0767. The molecule has 3 heterocycles. The van der Waals surface area contributed by atoms with E-state index in [2.05, 4.69) is 41.0 Å². The van der Waals surface area contributed by atoms with E-state index >= 15 is 0 Å². The van der Waals surface area contributed by atoms with Crippen LogP contribution in [0.2, 0.25) is 0 Å². The van der Waals surface area contributed by atoms with E-state index < -0.39 is 0 Å². The summed E-state index contributed by atoms with van der Waals surface area (Å²) in [7, 11) is 4.10. The summed E-state index contributed by atoms with van der Waals surface area (Å²) in [4.78, 5) is 9.36. The smallest absolute Gasteiger partial charge is 0.193 e. The van der Waals surface area contributed by atoms with E-state index in [-0.39, 0.29) is 24.0 Å². The van der Waals surface area contributed by atoms with E-state index in [0.29, 0.717) is 18.2 Å². The number of halogens is 1. The molecule has 3 saturated heterocycles. The van der Waals surface area contributed by atoms with Gasteiger partial charge in [-0.15, -0.1) is 24.0 Å². The van der Waals surface area contributed by atoms with Crippen LogP contribution in [-0.4, -0.2) is 74.3 Å². The zero-order chi connectivity index (χ0) is 15.7. The molecule has 5 nitrogen and oxygen atoms in total. The van der Waals surface area contributed by atoms with Gasteiger partial charge in [0.1, 0.15) is 0 Å². The largest absolute Gasteiger partial charge is 0.374 e. The van der Waals surface area contributed by atoms with Crippen LogP contribution in [0.5, 0.6) is 0 Å². The van der Waals surface area contributed by atoms with Gasteiger partial charge in [-0.05, 0) is 33.2 Å². The highest BCUT2D eigenvalue weighted by molar-refractivity contribution is 14.0. The average Bonchev–Trinajstić information content (AvgIpc) is 3.22. The van der Waals surface area contributed by atoms with Crippen molar-refractivity contribution in [1.82, 2.24) is 15.1 Å². The van der Waals surface area contributed by atoms with Gasteiger partial charge in [-0.3, -0.25) is 4.99 Å². The molecule has 2 bridgehead atoms. The highest BCUT2D eigenvalue weighted by atomic mass is 127. The number of aliphatic imine (C=N–C) groups is 1. The van der Waals surface area contributed by atoms with E-state index in [1.165, 1.54) is 19.3 Å². The molecule has 134 valence electrons. The topological polar surface area (TPSA) is 40.1 Å². The first-order valence-electron chi connectivity index (χ1n) is 8.95. The Kier molecular flexibility index (Phi) is 6.98. The number of likely N-dealkylation sites (tertiary alicyclic amines) is 1. The van der Waals surface area contributed by atoms with Crippen LogP contribution in [0, 0.1) is 11.8 Å². The quantitative estimate of drug-likeness (QED) is 0.407. The molecule has 6 heteroatoms. The van der Waals surface area contributed by atoms with Crippen molar-refractivity contribution in [2.24, 2.45) is 16.8 Å². The molecule has 0 aliphatic carbocycles. The minimum Gasteiger partial charge on any atom is -0.374 e. The Bertz CT molecular complexity index is 401. The molecule has 0 aromatic rings. The summed E-state index contributed by atoms with van der Waals surface area (Å²) < 4.78 is 6.06. The number of guanidine groups is 1. The van der Waals surface area contributed by atoms with Crippen LogP contribution in [0.1, 0.15) is 33.1 Å². The molecule has 3 aliphatic rings. The Balaban J connectivity index is 0.00000192. The Hall–Kier alpha value is -0.0800. The normalized spacial score (nSPS) is 33.8. The third kappa shape index (κ3) is 3.95. The first kappa shape index (κ1) is 19.2. The molecular weight excluding hydrogens is 403 g/mol. The molecule has 3 rings (SSSR count). The lowest BCUT2D eigenvalue weighted by atomic mass is 9.82. The van der Waals surface area contributed by atoms with Gasteiger partial charge >= 0.3 is 0 Å². The summed E-state index contributed by atoms with van der Waals surface area (Å²) in [5, 5.41) is 3.55. The standard InChI is InChI=1S/C17H32N4O.HI/c1-5-12(2)20(4)9-8-19-17(18-3)21-10-13-14(11-21)16-7-6-15(13)22-16;/h12-16H,5-11H2,1-4H3,(H,18,19);1H. The summed E-state index contributed by atoms with van der Waals surface area (Å²) in [6.07, 6.45) is 4.78. The Morgan fingerprint density at radius 3 is 2.43 bits per heavy atom. The zero-order valence-corrected chi connectivity index (χ0v) is 17.3. The van der Waals surface area contributed by atoms with Gasteiger partial charge in [0.05, 0.1) is 12.2 Å². The summed E-state index contributed by atoms with van der Waals surface area (Å²) in [6, 6.07) is 0.641. The number of nitrogens with one attached hydrogen (secondary N) is 1. The molecule has 0 saturated carbocycles. The van der Waals surface area contributed by atoms with E-state index in [9.17, 15) is 0 Å². The minimum absolute atomic E-state index is 0. The van der Waals surface area contributed by atoms with Crippen molar-refractivity contribution in [2.75, 3.05) is 40.3 Å². The molecule has 5 atom stereocenters. The van der Waals surface area contributed by atoms with E-state index in [4.69, 9.17) is 4.74 Å². The Labute approximate surface area is 158 Å². The van der Waals surface area contributed by atoms with Crippen LogP contribution < -0.4 is 5.32 Å². The van der Waals surface area contributed by atoms with Crippen LogP contribution in [0.4, 0.5) is 0 Å². The van der Waals surface area contributed by atoms with Gasteiger partial charge in [-0.2, -0.15) is 0 Å². The van der Waals surface area contributed by atoms with E-state index in [0.717, 1.165) is 44.0 Å². The van der Waals surface area contributed by atoms with Crippen LogP contribution in [0.3, 0.4) is 0 Å². The van der Waals surface area contributed by atoms with Gasteiger partial charge < -0.3 is 19.9 Å². The lowest BCUT2D eigenvalue weighted by Crippen LogP contribution is -2.44. The molecule has 0 amide bonds. The first-order chi connectivity index (χ1) is 10.6. The van der Waals surface area contributed by atoms with Gasteiger partial charge in [0.2, 0.25) is 0 Å². The maximum absolute atomic E-state index is 6.06. The fraction of sp³-hybridized carbons (Fsp3) is 0.941. The summed E-state index contributed by atoms with van der Waals surface area (Å²) in [5.74, 6) is 2.55. The zero-order valence-electron chi connectivity index (χ0n) is 15.0. The molecule has 5 unspecified atom stereocenters. The summed E-state index contributed by atoms with van der Waals surface area (Å²) in [5.41, 5.74) is 0. The van der Waals surface area contributed by atoms with Crippen molar-refractivity contribution in [3.63, 3.8) is 0 Å². The molecule has 0 radical (unpaired) electrons. The summed E-state index contributed by atoms with van der Waals surface area (Å²) in [6.45, 7) is 8.78. The number of nitrogens with zero attached hydrogens (tertiary/aromatic N) is 3. The second kappa shape index (κ2) is 8.34. The maximum atomic E-state index is 6.06. The van der Waals surface area contributed by atoms with Crippen LogP contribution in [-0.2, 0) is 4.74 Å². The number of ether oxygens (including phenoxy) is 1. The third-order valence-electron chi connectivity index (χ3n) is 6.05. The van der Waals surface area contributed by atoms with E-state index in [1.807, 2.05) is 7.05 Å². The summed E-state index contributed by atoms with van der Waals surface area (Å²) >= 11 is 0. The van der Waals surface area contributed by atoms with Gasteiger partial charge in [0.25, 0.3) is 0 Å². The molecule has 23 heavy (non-hydrogen) atoms. The van der Waals surface area contributed by atoms with Crippen molar-refractivity contribution in [2.45, 2.75) is 51.4 Å². The highest BCUT2D eigenvalue weighted by Crippen LogP contribution is 2.47. The fourth-order valence-corrected chi connectivity index (χ4v) is 4.34. The Morgan fingerprint density at radius 1 is 1.30 bits per heavy atom. The van der Waals surface area contributed by atoms with Gasteiger partial charge in [0.15, 0.2) is 5.96 Å². The van der Waals surface area contributed by atoms with Crippen LogP contribution in [0.15, 0.2) is 4.99 Å². The molecule has 1 N–H and O–H groups in total. The number of rotatable bonds is 5. The maximum Gasteiger partial charge on any atom is 0.193 e. The van der Waals surface area contributed by atoms with Crippen molar-refractivity contribution in [3.8, 4) is 0 Å². The molecule has 0 aromatic heterocycles. The second-order valence-electron chi connectivity index (χ2n) is 7.23. The minimum atomic E-state index is 0. The highest BCUT2D eigenvalue weighted by Gasteiger charge is 2.53. The van der Waals surface area contributed by atoms with E-state index in [1.54, 1.807) is 0 Å². The molecule has 3 aliphatic heterocycles. The van der Waals surface area contributed by atoms with Crippen molar-refractivity contribution in [1.29, 1.82) is 0 Å². The van der Waals surface area contributed by atoms with Gasteiger partial charge in [-0.1, -0.05) is 6.92 Å². The van der Waals surface area contributed by atoms with Crippen molar-refractivity contribution < 1.29 is 4.74 Å². The SMILES string of the molecule is CCC(C)N(C)CCNC(=NC)N1CC2C3CCC(O3)C2C1.I. The third-order valence-corrected chi connectivity index (χ3v) is 6.05. The molecule has 0 aromatic carbocycles. The van der Waals surface area contributed by atoms with Crippen molar-refractivity contribution >= 4 is 29.9 Å². The van der Waals surface area contributed by atoms with Gasteiger partial charge in [0, 0.05) is 51.1 Å². The number of fused-ring (bicyclic) bond motifs is 5. The number of hydrogen-bond acceptors (Lipinski definition) is 3. The molecule has 0 spiro atoms.